The lowest BCUT2D eigenvalue weighted by molar-refractivity contribution is -0.132. The van der Waals surface area contributed by atoms with Crippen LogP contribution in [0.1, 0.15) is 31.2 Å². The number of hydrogen-bond donors (Lipinski definition) is 0. The highest BCUT2D eigenvalue weighted by molar-refractivity contribution is 5.76. The van der Waals surface area contributed by atoms with Crippen molar-refractivity contribution in [3.05, 3.63) is 76.8 Å². The number of aryl methyl sites for hydroxylation is 1. The summed E-state index contributed by atoms with van der Waals surface area (Å²) in [5.74, 6) is 1.44. The summed E-state index contributed by atoms with van der Waals surface area (Å²) < 4.78 is 6.76. The molecule has 1 aliphatic heterocycles. The van der Waals surface area contributed by atoms with Crippen LogP contribution in [0.5, 0.6) is 0 Å². The number of furan rings is 1. The maximum atomic E-state index is 12.6. The van der Waals surface area contributed by atoms with Gasteiger partial charge in [-0.15, -0.1) is 0 Å². The number of carbonyl (C=O) groups excluding carboxylic acids is 1. The Bertz CT molecular complexity index is 1000. The van der Waals surface area contributed by atoms with E-state index in [4.69, 9.17) is 4.42 Å². The van der Waals surface area contributed by atoms with E-state index in [9.17, 15) is 9.59 Å². The van der Waals surface area contributed by atoms with Crippen molar-refractivity contribution < 1.29 is 9.21 Å². The Morgan fingerprint density at radius 2 is 1.83 bits per heavy atom. The first-order valence-corrected chi connectivity index (χ1v) is 10.6. The lowest BCUT2D eigenvalue weighted by Gasteiger charge is -2.32. The molecule has 1 amide bonds. The summed E-state index contributed by atoms with van der Waals surface area (Å²) in [6.45, 7) is 2.06. The Morgan fingerprint density at radius 3 is 2.57 bits per heavy atom. The van der Waals surface area contributed by atoms with E-state index in [0.717, 1.165) is 32.4 Å². The van der Waals surface area contributed by atoms with Gasteiger partial charge in [-0.2, -0.15) is 5.10 Å². The van der Waals surface area contributed by atoms with Gasteiger partial charge in [0, 0.05) is 32.1 Å². The predicted molar refractivity (Wildman–Crippen MR) is 115 cm³/mol. The van der Waals surface area contributed by atoms with Crippen LogP contribution >= 0.6 is 0 Å². The van der Waals surface area contributed by atoms with Gasteiger partial charge in [-0.05, 0) is 55.4 Å². The number of rotatable bonds is 7. The molecule has 1 fully saturated rings. The molecule has 0 saturated carbocycles. The number of piperidine rings is 1. The summed E-state index contributed by atoms with van der Waals surface area (Å²) in [4.78, 5) is 26.6. The zero-order valence-corrected chi connectivity index (χ0v) is 17.1. The highest BCUT2D eigenvalue weighted by atomic mass is 16.3. The maximum absolute atomic E-state index is 12.6. The van der Waals surface area contributed by atoms with Crippen LogP contribution in [0.4, 0.5) is 0 Å². The normalized spacial score (nSPS) is 14.7. The Labute approximate surface area is 176 Å². The molecule has 1 aliphatic rings. The summed E-state index contributed by atoms with van der Waals surface area (Å²) >= 11 is 0. The second-order valence-electron chi connectivity index (χ2n) is 7.87. The van der Waals surface area contributed by atoms with Gasteiger partial charge in [0.05, 0.1) is 6.26 Å². The molecule has 6 nitrogen and oxygen atoms in total. The number of hydrogen-bond acceptors (Lipinski definition) is 4. The molecule has 0 N–H and O–H groups in total. The first-order valence-electron chi connectivity index (χ1n) is 10.6. The fourth-order valence-corrected chi connectivity index (χ4v) is 4.04. The van der Waals surface area contributed by atoms with Crippen molar-refractivity contribution >= 4 is 5.91 Å². The topological polar surface area (TPSA) is 68.3 Å². The SMILES string of the molecule is O=C(CCCn1nc(-c2ccco2)ccc1=O)N1CCC(Cc2ccccc2)CC1. The average molecular weight is 405 g/mol. The molecule has 3 heterocycles. The first kappa shape index (κ1) is 20.1. The molecule has 156 valence electrons. The molecule has 1 saturated heterocycles. The molecule has 4 rings (SSSR count). The zero-order chi connectivity index (χ0) is 20.8. The van der Waals surface area contributed by atoms with Gasteiger partial charge in [0.15, 0.2) is 5.76 Å². The Hall–Kier alpha value is -3.15. The van der Waals surface area contributed by atoms with Crippen LogP contribution in [0.2, 0.25) is 0 Å². The number of benzene rings is 1. The summed E-state index contributed by atoms with van der Waals surface area (Å²) in [5.41, 5.74) is 1.82. The number of amides is 1. The van der Waals surface area contributed by atoms with Crippen molar-refractivity contribution in [2.45, 2.75) is 38.6 Å². The van der Waals surface area contributed by atoms with Crippen molar-refractivity contribution in [1.29, 1.82) is 0 Å². The maximum Gasteiger partial charge on any atom is 0.266 e. The Balaban J connectivity index is 1.24. The third-order valence-corrected chi connectivity index (χ3v) is 5.74. The van der Waals surface area contributed by atoms with E-state index in [1.165, 1.54) is 16.3 Å². The zero-order valence-electron chi connectivity index (χ0n) is 17.1. The summed E-state index contributed by atoms with van der Waals surface area (Å²) in [5, 5.41) is 4.36. The van der Waals surface area contributed by atoms with Crippen molar-refractivity contribution in [3.8, 4) is 11.5 Å². The standard InChI is InChI=1S/C24H27N3O3/c28-23(26-15-12-20(13-16-26)18-19-6-2-1-3-7-19)9-4-14-27-24(29)11-10-21(25-27)22-8-5-17-30-22/h1-3,5-8,10-11,17,20H,4,9,12-16,18H2. The molecule has 0 radical (unpaired) electrons. The fourth-order valence-electron chi connectivity index (χ4n) is 4.04. The lowest BCUT2D eigenvalue weighted by Crippen LogP contribution is -2.39. The van der Waals surface area contributed by atoms with E-state index in [-0.39, 0.29) is 11.5 Å². The third-order valence-electron chi connectivity index (χ3n) is 5.74. The molecule has 3 aromatic rings. The quantitative estimate of drug-likeness (QED) is 0.600. The minimum atomic E-state index is -0.167. The van der Waals surface area contributed by atoms with E-state index in [1.807, 2.05) is 17.0 Å². The van der Waals surface area contributed by atoms with Gasteiger partial charge in [-0.1, -0.05) is 30.3 Å². The van der Waals surface area contributed by atoms with E-state index in [1.54, 1.807) is 18.4 Å². The van der Waals surface area contributed by atoms with Gasteiger partial charge >= 0.3 is 0 Å². The van der Waals surface area contributed by atoms with Gasteiger partial charge in [0.2, 0.25) is 5.91 Å². The van der Waals surface area contributed by atoms with Crippen molar-refractivity contribution in [2.24, 2.45) is 5.92 Å². The monoisotopic (exact) mass is 405 g/mol. The van der Waals surface area contributed by atoms with E-state index < -0.39 is 0 Å². The van der Waals surface area contributed by atoms with Crippen LogP contribution in [0.3, 0.4) is 0 Å². The first-order chi connectivity index (χ1) is 14.7. The smallest absolute Gasteiger partial charge is 0.266 e. The van der Waals surface area contributed by atoms with Gasteiger partial charge in [0.25, 0.3) is 5.56 Å². The molecule has 30 heavy (non-hydrogen) atoms. The summed E-state index contributed by atoms with van der Waals surface area (Å²) in [7, 11) is 0. The van der Waals surface area contributed by atoms with Gasteiger partial charge < -0.3 is 9.32 Å². The number of likely N-dealkylation sites (tertiary alicyclic amines) is 1. The van der Waals surface area contributed by atoms with Crippen LogP contribution < -0.4 is 5.56 Å². The van der Waals surface area contributed by atoms with E-state index in [2.05, 4.69) is 29.4 Å². The molecule has 0 spiro atoms. The number of nitrogens with zero attached hydrogens (tertiary/aromatic N) is 3. The van der Waals surface area contributed by atoms with Gasteiger partial charge in [-0.25, -0.2) is 4.68 Å². The van der Waals surface area contributed by atoms with E-state index >= 15 is 0 Å². The largest absolute Gasteiger partial charge is 0.463 e. The van der Waals surface area contributed by atoms with Crippen molar-refractivity contribution in [2.75, 3.05) is 13.1 Å². The minimum Gasteiger partial charge on any atom is -0.463 e. The molecular formula is C24H27N3O3. The van der Waals surface area contributed by atoms with Crippen molar-refractivity contribution in [3.63, 3.8) is 0 Å². The van der Waals surface area contributed by atoms with Crippen LogP contribution in [0, 0.1) is 5.92 Å². The summed E-state index contributed by atoms with van der Waals surface area (Å²) in [6, 6.07) is 17.3. The average Bonchev–Trinajstić information content (AvgIpc) is 3.31. The molecule has 6 heteroatoms. The second-order valence-corrected chi connectivity index (χ2v) is 7.87. The Kier molecular flexibility index (Phi) is 6.42. The Morgan fingerprint density at radius 1 is 1.03 bits per heavy atom. The molecule has 1 aromatic carbocycles. The lowest BCUT2D eigenvalue weighted by atomic mass is 9.90. The third kappa shape index (κ3) is 5.06. The van der Waals surface area contributed by atoms with Crippen molar-refractivity contribution in [1.82, 2.24) is 14.7 Å². The highest BCUT2D eigenvalue weighted by Crippen LogP contribution is 2.22. The van der Waals surface area contributed by atoms with Crippen LogP contribution in [0.25, 0.3) is 11.5 Å². The number of carbonyl (C=O) groups is 1. The fraction of sp³-hybridized carbons (Fsp3) is 0.375. The molecule has 0 atom stereocenters. The number of aromatic nitrogens is 2. The summed E-state index contributed by atoms with van der Waals surface area (Å²) in [6.07, 6.45) is 5.79. The highest BCUT2D eigenvalue weighted by Gasteiger charge is 2.22. The van der Waals surface area contributed by atoms with Gasteiger partial charge in [0.1, 0.15) is 5.69 Å². The molecule has 0 aliphatic carbocycles. The predicted octanol–water partition coefficient (Wildman–Crippen LogP) is 3.76. The van der Waals surface area contributed by atoms with Crippen LogP contribution in [-0.2, 0) is 17.8 Å². The van der Waals surface area contributed by atoms with Crippen LogP contribution in [0.15, 0.2) is 70.1 Å². The second kappa shape index (κ2) is 9.57. The molecule has 0 bridgehead atoms. The van der Waals surface area contributed by atoms with Crippen LogP contribution in [-0.4, -0.2) is 33.7 Å². The molecular weight excluding hydrogens is 378 g/mol. The molecule has 2 aromatic heterocycles. The molecule has 0 unspecified atom stereocenters. The minimum absolute atomic E-state index is 0.167. The van der Waals surface area contributed by atoms with E-state index in [0.29, 0.717) is 36.8 Å². The van der Waals surface area contributed by atoms with Gasteiger partial charge in [-0.3, -0.25) is 9.59 Å².